The van der Waals surface area contributed by atoms with Gasteiger partial charge in [0, 0.05) is 51.9 Å². The van der Waals surface area contributed by atoms with Crippen molar-refractivity contribution in [1.82, 2.24) is 29.3 Å². The Labute approximate surface area is 198 Å². The summed E-state index contributed by atoms with van der Waals surface area (Å²) < 4.78 is 19.7. The lowest BCUT2D eigenvalue weighted by molar-refractivity contribution is -0.0498. The van der Waals surface area contributed by atoms with Gasteiger partial charge in [-0.05, 0) is 30.9 Å². The van der Waals surface area contributed by atoms with Gasteiger partial charge in [-0.2, -0.15) is 9.97 Å². The summed E-state index contributed by atoms with van der Waals surface area (Å²) in [5.74, 6) is 1.78. The van der Waals surface area contributed by atoms with Crippen LogP contribution in [0.5, 0.6) is 0 Å². The average Bonchev–Trinajstić information content (AvgIpc) is 3.22. The van der Waals surface area contributed by atoms with Crippen molar-refractivity contribution in [3.8, 4) is 0 Å². The van der Waals surface area contributed by atoms with Crippen molar-refractivity contribution < 1.29 is 14.2 Å². The molecule has 6 heterocycles. The average molecular weight is 478 g/mol. The monoisotopic (exact) mass is 477 g/mol. The van der Waals surface area contributed by atoms with E-state index in [1.54, 1.807) is 0 Å². The number of morpholine rings is 2. The molecular formula is C22H32ClN7O3. The number of hydrogen-bond donors (Lipinski definition) is 0. The molecule has 0 aromatic carbocycles. The SMILES string of the molecule is Clc1nc(N2CCOCC2)c2nc(CN3CCN4CCOCC4C3)n([C@H]3CCCCO3)c2n1. The summed E-state index contributed by atoms with van der Waals surface area (Å²) in [4.78, 5) is 21.6. The third-order valence-electron chi connectivity index (χ3n) is 7.21. The maximum absolute atomic E-state index is 6.44. The number of fused-ring (bicyclic) bond motifs is 2. The molecule has 10 nitrogen and oxygen atoms in total. The first-order chi connectivity index (χ1) is 16.3. The molecule has 4 fully saturated rings. The lowest BCUT2D eigenvalue weighted by atomic mass is 10.1. The van der Waals surface area contributed by atoms with Crippen LogP contribution in [-0.4, -0.2) is 108 Å². The Bertz CT molecular complexity index is 977. The largest absolute Gasteiger partial charge is 0.378 e. The summed E-state index contributed by atoms with van der Waals surface area (Å²) in [5, 5.41) is 0.250. The third kappa shape index (κ3) is 4.44. The molecule has 0 radical (unpaired) electrons. The zero-order chi connectivity index (χ0) is 22.2. The van der Waals surface area contributed by atoms with Gasteiger partial charge in [0.25, 0.3) is 0 Å². The van der Waals surface area contributed by atoms with Crippen LogP contribution in [0.1, 0.15) is 31.3 Å². The van der Waals surface area contributed by atoms with Crippen LogP contribution >= 0.6 is 11.6 Å². The normalized spacial score (nSPS) is 27.7. The van der Waals surface area contributed by atoms with E-state index >= 15 is 0 Å². The van der Waals surface area contributed by atoms with E-state index in [-0.39, 0.29) is 11.5 Å². The lowest BCUT2D eigenvalue weighted by Crippen LogP contribution is -2.57. The summed E-state index contributed by atoms with van der Waals surface area (Å²) in [7, 11) is 0. The van der Waals surface area contributed by atoms with Gasteiger partial charge in [-0.15, -0.1) is 0 Å². The first kappa shape index (κ1) is 21.9. The number of halogens is 1. The smallest absolute Gasteiger partial charge is 0.226 e. The second-order valence-electron chi connectivity index (χ2n) is 9.31. The summed E-state index contributed by atoms with van der Waals surface area (Å²) >= 11 is 6.44. The van der Waals surface area contributed by atoms with Crippen molar-refractivity contribution in [1.29, 1.82) is 0 Å². The minimum absolute atomic E-state index is 0.0680. The Hall–Kier alpha value is -1.56. The molecule has 0 aliphatic carbocycles. The van der Waals surface area contributed by atoms with Crippen LogP contribution < -0.4 is 4.90 Å². The summed E-state index contributed by atoms with van der Waals surface area (Å²) in [5.41, 5.74) is 1.59. The first-order valence-electron chi connectivity index (χ1n) is 12.2. The molecule has 4 aliphatic rings. The van der Waals surface area contributed by atoms with E-state index in [1.807, 2.05) is 0 Å². The Morgan fingerprint density at radius 1 is 0.909 bits per heavy atom. The molecular weight excluding hydrogens is 446 g/mol. The van der Waals surface area contributed by atoms with Crippen molar-refractivity contribution in [2.24, 2.45) is 0 Å². The fourth-order valence-electron chi connectivity index (χ4n) is 5.47. The number of imidazole rings is 1. The van der Waals surface area contributed by atoms with Crippen LogP contribution in [0.15, 0.2) is 0 Å². The molecule has 33 heavy (non-hydrogen) atoms. The standard InChI is InChI=1S/C22H32ClN7O3/c23-22-25-20(29-7-10-31-11-8-29)19-21(26-22)30(18-3-1-2-9-33-18)17(24-19)14-27-4-5-28-6-12-32-15-16(28)13-27/h16,18H,1-15H2/t16?,18-/m1/s1. The maximum Gasteiger partial charge on any atom is 0.226 e. The van der Waals surface area contributed by atoms with E-state index in [0.29, 0.717) is 19.3 Å². The Balaban J connectivity index is 1.36. The van der Waals surface area contributed by atoms with E-state index in [0.717, 1.165) is 108 Å². The van der Waals surface area contributed by atoms with Gasteiger partial charge < -0.3 is 19.1 Å². The highest BCUT2D eigenvalue weighted by Crippen LogP contribution is 2.33. The molecule has 0 bridgehead atoms. The molecule has 1 unspecified atom stereocenters. The number of hydrogen-bond acceptors (Lipinski definition) is 9. The van der Waals surface area contributed by atoms with Gasteiger partial charge in [-0.25, -0.2) is 4.98 Å². The van der Waals surface area contributed by atoms with Gasteiger partial charge in [0.05, 0.1) is 33.0 Å². The third-order valence-corrected chi connectivity index (χ3v) is 7.38. The summed E-state index contributed by atoms with van der Waals surface area (Å²) in [6.45, 7) is 10.2. The van der Waals surface area contributed by atoms with Crippen LogP contribution in [0, 0.1) is 0 Å². The first-order valence-corrected chi connectivity index (χ1v) is 12.6. The molecule has 2 aromatic heterocycles. The minimum Gasteiger partial charge on any atom is -0.378 e. The highest BCUT2D eigenvalue weighted by Gasteiger charge is 2.32. The number of anilines is 1. The molecule has 0 spiro atoms. The number of aromatic nitrogens is 4. The molecule has 180 valence electrons. The van der Waals surface area contributed by atoms with Gasteiger partial charge in [0.1, 0.15) is 12.1 Å². The van der Waals surface area contributed by atoms with E-state index < -0.39 is 0 Å². The van der Waals surface area contributed by atoms with E-state index in [1.165, 1.54) is 0 Å². The zero-order valence-electron chi connectivity index (χ0n) is 19.0. The summed E-state index contributed by atoms with van der Waals surface area (Å²) in [6, 6.07) is 0.453. The van der Waals surface area contributed by atoms with Gasteiger partial charge in [0.15, 0.2) is 17.0 Å². The molecule has 0 N–H and O–H groups in total. The quantitative estimate of drug-likeness (QED) is 0.609. The number of rotatable bonds is 4. The highest BCUT2D eigenvalue weighted by molar-refractivity contribution is 6.28. The molecule has 0 saturated carbocycles. The molecule has 4 aliphatic heterocycles. The number of piperazine rings is 1. The number of nitrogens with zero attached hydrogens (tertiary/aromatic N) is 7. The molecule has 11 heteroatoms. The van der Waals surface area contributed by atoms with Crippen molar-refractivity contribution >= 4 is 28.6 Å². The van der Waals surface area contributed by atoms with Crippen LogP contribution in [0.4, 0.5) is 5.82 Å². The maximum atomic E-state index is 6.44. The van der Waals surface area contributed by atoms with Crippen LogP contribution in [0.25, 0.3) is 11.2 Å². The van der Waals surface area contributed by atoms with Crippen molar-refractivity contribution in [3.05, 3.63) is 11.1 Å². The molecule has 0 amide bonds. The van der Waals surface area contributed by atoms with Crippen LogP contribution in [0.3, 0.4) is 0 Å². The highest BCUT2D eigenvalue weighted by atomic mass is 35.5. The molecule has 6 rings (SSSR count). The topological polar surface area (TPSA) is 81.0 Å². The van der Waals surface area contributed by atoms with E-state index in [2.05, 4.69) is 29.2 Å². The second-order valence-corrected chi connectivity index (χ2v) is 9.65. The van der Waals surface area contributed by atoms with Crippen LogP contribution in [-0.2, 0) is 20.8 Å². The molecule has 2 atom stereocenters. The lowest BCUT2D eigenvalue weighted by Gasteiger charge is -2.43. The Morgan fingerprint density at radius 3 is 2.64 bits per heavy atom. The Morgan fingerprint density at radius 2 is 1.79 bits per heavy atom. The Kier molecular flexibility index (Phi) is 6.38. The van der Waals surface area contributed by atoms with Gasteiger partial charge in [0.2, 0.25) is 5.28 Å². The van der Waals surface area contributed by atoms with Crippen molar-refractivity contribution in [2.75, 3.05) is 77.2 Å². The summed E-state index contributed by atoms with van der Waals surface area (Å²) in [6.07, 6.45) is 3.12. The van der Waals surface area contributed by atoms with E-state index in [4.69, 9.17) is 30.8 Å². The van der Waals surface area contributed by atoms with Gasteiger partial charge in [-0.1, -0.05) is 0 Å². The minimum atomic E-state index is -0.0680. The van der Waals surface area contributed by atoms with Gasteiger partial charge >= 0.3 is 0 Å². The van der Waals surface area contributed by atoms with E-state index in [9.17, 15) is 0 Å². The fourth-order valence-corrected chi connectivity index (χ4v) is 5.63. The van der Waals surface area contributed by atoms with Crippen molar-refractivity contribution in [2.45, 2.75) is 38.1 Å². The zero-order valence-corrected chi connectivity index (χ0v) is 19.8. The van der Waals surface area contributed by atoms with Gasteiger partial charge in [-0.3, -0.25) is 14.4 Å². The van der Waals surface area contributed by atoms with Crippen LogP contribution in [0.2, 0.25) is 5.28 Å². The molecule has 2 aromatic rings. The van der Waals surface area contributed by atoms with Crippen molar-refractivity contribution in [3.63, 3.8) is 0 Å². The second kappa shape index (κ2) is 9.59. The molecule has 4 saturated heterocycles. The predicted octanol–water partition coefficient (Wildman–Crippen LogP) is 1.53. The number of ether oxygens (including phenoxy) is 3. The predicted molar refractivity (Wildman–Crippen MR) is 124 cm³/mol. The fraction of sp³-hybridized carbons (Fsp3) is 0.773.